The average molecular weight is 282 g/mol. The Balaban J connectivity index is 1.97. The lowest BCUT2D eigenvalue weighted by molar-refractivity contribution is 0.370. The molecule has 21 heavy (non-hydrogen) atoms. The standard InChI is InChI=1S/C19H26N2/c1-3-8-16-14-21(17(4-2)13-20-16)19-12-7-10-15-9-5-6-11-18(15)19/h5-7,9-12,16-17,20H,3-4,8,13-14H2,1-2H3. The Labute approximate surface area is 128 Å². The van der Waals surface area contributed by atoms with Gasteiger partial charge in [-0.05, 0) is 24.3 Å². The molecule has 1 heterocycles. The highest BCUT2D eigenvalue weighted by Gasteiger charge is 2.27. The Morgan fingerprint density at radius 3 is 2.71 bits per heavy atom. The molecule has 0 bridgehead atoms. The van der Waals surface area contributed by atoms with Gasteiger partial charge >= 0.3 is 0 Å². The summed E-state index contributed by atoms with van der Waals surface area (Å²) < 4.78 is 0. The third-order valence-electron chi connectivity index (χ3n) is 4.68. The van der Waals surface area contributed by atoms with Crippen LogP contribution in [0, 0.1) is 0 Å². The predicted molar refractivity (Wildman–Crippen MR) is 92.1 cm³/mol. The fourth-order valence-corrected chi connectivity index (χ4v) is 3.52. The summed E-state index contributed by atoms with van der Waals surface area (Å²) in [5, 5.41) is 6.45. The lowest BCUT2D eigenvalue weighted by atomic mass is 10.0. The van der Waals surface area contributed by atoms with Crippen molar-refractivity contribution in [1.82, 2.24) is 5.32 Å². The molecule has 2 aromatic carbocycles. The summed E-state index contributed by atoms with van der Waals surface area (Å²) in [5.41, 5.74) is 1.41. The van der Waals surface area contributed by atoms with Gasteiger partial charge in [0.15, 0.2) is 0 Å². The van der Waals surface area contributed by atoms with Crippen LogP contribution in [0.3, 0.4) is 0 Å². The van der Waals surface area contributed by atoms with Crippen LogP contribution in [0.2, 0.25) is 0 Å². The van der Waals surface area contributed by atoms with Gasteiger partial charge in [-0.1, -0.05) is 56.7 Å². The van der Waals surface area contributed by atoms with Crippen molar-refractivity contribution in [1.29, 1.82) is 0 Å². The van der Waals surface area contributed by atoms with Crippen molar-refractivity contribution in [2.45, 2.75) is 45.2 Å². The smallest absolute Gasteiger partial charge is 0.0449 e. The van der Waals surface area contributed by atoms with Gasteiger partial charge in [-0.25, -0.2) is 0 Å². The van der Waals surface area contributed by atoms with Gasteiger partial charge in [0.25, 0.3) is 0 Å². The zero-order valence-corrected chi connectivity index (χ0v) is 13.2. The van der Waals surface area contributed by atoms with Crippen LogP contribution >= 0.6 is 0 Å². The zero-order valence-electron chi connectivity index (χ0n) is 13.2. The van der Waals surface area contributed by atoms with Gasteiger partial charge in [0, 0.05) is 36.2 Å². The van der Waals surface area contributed by atoms with E-state index < -0.39 is 0 Å². The van der Waals surface area contributed by atoms with Gasteiger partial charge < -0.3 is 10.2 Å². The maximum atomic E-state index is 3.73. The molecule has 1 fully saturated rings. The number of fused-ring (bicyclic) bond motifs is 1. The van der Waals surface area contributed by atoms with Crippen molar-refractivity contribution in [2.24, 2.45) is 0 Å². The molecule has 0 aromatic heterocycles. The molecular formula is C19H26N2. The van der Waals surface area contributed by atoms with Crippen molar-refractivity contribution >= 4 is 16.5 Å². The van der Waals surface area contributed by atoms with E-state index in [0.29, 0.717) is 12.1 Å². The number of anilines is 1. The number of hydrogen-bond donors (Lipinski definition) is 1. The Bertz CT molecular complexity index is 588. The first-order valence-electron chi connectivity index (χ1n) is 8.31. The second-order valence-corrected chi connectivity index (χ2v) is 6.11. The lowest BCUT2D eigenvalue weighted by Crippen LogP contribution is -2.56. The predicted octanol–water partition coefficient (Wildman–Crippen LogP) is 4.20. The highest BCUT2D eigenvalue weighted by molar-refractivity contribution is 5.94. The molecule has 3 rings (SSSR count). The van der Waals surface area contributed by atoms with Crippen molar-refractivity contribution in [3.63, 3.8) is 0 Å². The average Bonchev–Trinajstić information content (AvgIpc) is 2.54. The minimum Gasteiger partial charge on any atom is -0.365 e. The first-order valence-corrected chi connectivity index (χ1v) is 8.31. The van der Waals surface area contributed by atoms with E-state index in [0.717, 1.165) is 13.1 Å². The molecule has 2 nitrogen and oxygen atoms in total. The first kappa shape index (κ1) is 14.4. The van der Waals surface area contributed by atoms with Crippen LogP contribution in [0.25, 0.3) is 10.8 Å². The van der Waals surface area contributed by atoms with E-state index in [1.54, 1.807) is 0 Å². The van der Waals surface area contributed by atoms with E-state index in [9.17, 15) is 0 Å². The SMILES string of the molecule is CCCC1CN(c2cccc3ccccc23)C(CC)CN1. The molecule has 112 valence electrons. The summed E-state index contributed by atoms with van der Waals surface area (Å²) in [6.07, 6.45) is 3.70. The second-order valence-electron chi connectivity index (χ2n) is 6.11. The van der Waals surface area contributed by atoms with Gasteiger partial charge in [-0.15, -0.1) is 0 Å². The molecule has 0 saturated carbocycles. The maximum Gasteiger partial charge on any atom is 0.0449 e. The van der Waals surface area contributed by atoms with E-state index in [2.05, 4.69) is 66.5 Å². The first-order chi connectivity index (χ1) is 10.3. The normalized spacial score (nSPS) is 22.7. The molecule has 0 spiro atoms. The van der Waals surface area contributed by atoms with Gasteiger partial charge in [0.1, 0.15) is 0 Å². The summed E-state index contributed by atoms with van der Waals surface area (Å²) in [7, 11) is 0. The molecule has 2 heteroatoms. The minimum absolute atomic E-state index is 0.601. The van der Waals surface area contributed by atoms with E-state index in [4.69, 9.17) is 0 Å². The molecule has 2 unspecified atom stereocenters. The van der Waals surface area contributed by atoms with Crippen LogP contribution in [0.1, 0.15) is 33.1 Å². The highest BCUT2D eigenvalue weighted by atomic mass is 15.2. The number of nitrogens with one attached hydrogen (secondary N) is 1. The van der Waals surface area contributed by atoms with Crippen molar-refractivity contribution in [3.05, 3.63) is 42.5 Å². The number of rotatable bonds is 4. The summed E-state index contributed by atoms with van der Waals surface area (Å²) >= 11 is 0. The molecule has 0 radical (unpaired) electrons. The second kappa shape index (κ2) is 6.48. The van der Waals surface area contributed by atoms with Crippen LogP contribution in [-0.4, -0.2) is 25.2 Å². The number of piperazine rings is 1. The van der Waals surface area contributed by atoms with E-state index in [-0.39, 0.29) is 0 Å². The Kier molecular flexibility index (Phi) is 4.45. The van der Waals surface area contributed by atoms with E-state index in [1.807, 2.05) is 0 Å². The lowest BCUT2D eigenvalue weighted by Gasteiger charge is -2.42. The van der Waals surface area contributed by atoms with Crippen molar-refractivity contribution in [3.8, 4) is 0 Å². The Morgan fingerprint density at radius 2 is 1.90 bits per heavy atom. The fraction of sp³-hybridized carbons (Fsp3) is 0.474. The molecule has 1 aliphatic heterocycles. The van der Waals surface area contributed by atoms with Gasteiger partial charge in [-0.3, -0.25) is 0 Å². The number of nitrogens with zero attached hydrogens (tertiary/aromatic N) is 1. The molecule has 0 aliphatic carbocycles. The Hall–Kier alpha value is -1.54. The van der Waals surface area contributed by atoms with Crippen molar-refractivity contribution < 1.29 is 0 Å². The van der Waals surface area contributed by atoms with Gasteiger partial charge in [0.2, 0.25) is 0 Å². The molecular weight excluding hydrogens is 256 g/mol. The van der Waals surface area contributed by atoms with Gasteiger partial charge in [0.05, 0.1) is 0 Å². The van der Waals surface area contributed by atoms with Crippen molar-refractivity contribution in [2.75, 3.05) is 18.0 Å². The number of hydrogen-bond acceptors (Lipinski definition) is 2. The third kappa shape index (κ3) is 2.91. The zero-order chi connectivity index (χ0) is 14.7. The van der Waals surface area contributed by atoms with Crippen LogP contribution in [0.5, 0.6) is 0 Å². The van der Waals surface area contributed by atoms with Crippen LogP contribution in [0.4, 0.5) is 5.69 Å². The summed E-state index contributed by atoms with van der Waals surface area (Å²) in [4.78, 5) is 2.64. The summed E-state index contributed by atoms with van der Waals surface area (Å²) in [6.45, 7) is 6.80. The summed E-state index contributed by atoms with van der Waals surface area (Å²) in [6, 6.07) is 16.7. The summed E-state index contributed by atoms with van der Waals surface area (Å²) in [5.74, 6) is 0. The molecule has 1 aliphatic rings. The third-order valence-corrected chi connectivity index (χ3v) is 4.68. The van der Waals surface area contributed by atoms with E-state index in [1.165, 1.54) is 35.7 Å². The number of benzene rings is 2. The fourth-order valence-electron chi connectivity index (χ4n) is 3.52. The monoisotopic (exact) mass is 282 g/mol. The minimum atomic E-state index is 0.601. The molecule has 2 aromatic rings. The Morgan fingerprint density at radius 1 is 1.10 bits per heavy atom. The topological polar surface area (TPSA) is 15.3 Å². The van der Waals surface area contributed by atoms with Gasteiger partial charge in [-0.2, -0.15) is 0 Å². The maximum absolute atomic E-state index is 3.73. The largest absolute Gasteiger partial charge is 0.365 e. The molecule has 0 amide bonds. The van der Waals surface area contributed by atoms with Crippen LogP contribution < -0.4 is 10.2 Å². The van der Waals surface area contributed by atoms with Crippen LogP contribution in [0.15, 0.2) is 42.5 Å². The molecule has 2 atom stereocenters. The molecule has 1 N–H and O–H groups in total. The van der Waals surface area contributed by atoms with E-state index >= 15 is 0 Å². The highest BCUT2D eigenvalue weighted by Crippen LogP contribution is 2.30. The van der Waals surface area contributed by atoms with Crippen LogP contribution in [-0.2, 0) is 0 Å². The quantitative estimate of drug-likeness (QED) is 0.904. The molecule has 1 saturated heterocycles.